The number of thioether (sulfide) groups is 1. The molecule has 1 aromatic heterocycles. The lowest BCUT2D eigenvalue weighted by Crippen LogP contribution is -2.28. The van der Waals surface area contributed by atoms with Gasteiger partial charge in [0.1, 0.15) is 12.4 Å². The van der Waals surface area contributed by atoms with Crippen LogP contribution in [0.25, 0.3) is 0 Å². The van der Waals surface area contributed by atoms with Crippen molar-refractivity contribution in [3.05, 3.63) is 76.8 Å². The molecule has 0 saturated heterocycles. The number of hydrogen-bond acceptors (Lipinski definition) is 5. The maximum Gasteiger partial charge on any atom is 0.240 e. The minimum atomic E-state index is -0.389. The van der Waals surface area contributed by atoms with E-state index in [1.54, 1.807) is 16.7 Å². The van der Waals surface area contributed by atoms with E-state index in [1.165, 1.54) is 30.5 Å². The van der Waals surface area contributed by atoms with Crippen LogP contribution in [0.15, 0.2) is 59.9 Å². The SMILES string of the molecule is O=C(Cn1c(CO)cnc1SCC(=O)Nc1ccc(F)cc1)NCc1ccc(Cl)cc1. The second kappa shape index (κ2) is 10.9. The van der Waals surface area contributed by atoms with Crippen molar-refractivity contribution in [3.63, 3.8) is 0 Å². The van der Waals surface area contributed by atoms with Gasteiger partial charge in [0.25, 0.3) is 0 Å². The van der Waals surface area contributed by atoms with E-state index in [4.69, 9.17) is 11.6 Å². The predicted octanol–water partition coefficient (Wildman–Crippen LogP) is 3.22. The molecular formula is C21H20ClFN4O3S. The Morgan fingerprint density at radius 2 is 1.81 bits per heavy atom. The molecule has 0 radical (unpaired) electrons. The molecule has 0 aliphatic carbocycles. The first-order chi connectivity index (χ1) is 14.9. The Hall–Kier alpha value is -2.88. The average molecular weight is 463 g/mol. The fourth-order valence-corrected chi connectivity index (χ4v) is 3.59. The largest absolute Gasteiger partial charge is 0.390 e. The summed E-state index contributed by atoms with van der Waals surface area (Å²) in [7, 11) is 0. The quantitative estimate of drug-likeness (QED) is 0.424. The smallest absolute Gasteiger partial charge is 0.240 e. The van der Waals surface area contributed by atoms with E-state index in [0.29, 0.717) is 28.1 Å². The molecule has 162 valence electrons. The Bertz CT molecular complexity index is 1040. The van der Waals surface area contributed by atoms with Gasteiger partial charge in [-0.3, -0.25) is 9.59 Å². The summed E-state index contributed by atoms with van der Waals surface area (Å²) in [6.45, 7) is -0.00704. The lowest BCUT2D eigenvalue weighted by molar-refractivity contribution is -0.122. The third kappa shape index (κ3) is 6.81. The van der Waals surface area contributed by atoms with Gasteiger partial charge in [-0.25, -0.2) is 9.37 Å². The molecule has 0 bridgehead atoms. The van der Waals surface area contributed by atoms with Gasteiger partial charge in [-0.05, 0) is 42.0 Å². The number of halogens is 2. The molecule has 0 atom stereocenters. The van der Waals surface area contributed by atoms with Crippen molar-refractivity contribution in [1.29, 1.82) is 0 Å². The van der Waals surface area contributed by atoms with E-state index in [1.807, 2.05) is 12.1 Å². The monoisotopic (exact) mass is 462 g/mol. The molecule has 31 heavy (non-hydrogen) atoms. The first kappa shape index (κ1) is 22.8. The summed E-state index contributed by atoms with van der Waals surface area (Å²) in [6, 6.07) is 12.6. The number of anilines is 1. The molecule has 3 aromatic rings. The van der Waals surface area contributed by atoms with Gasteiger partial charge >= 0.3 is 0 Å². The number of amides is 2. The zero-order chi connectivity index (χ0) is 22.2. The Morgan fingerprint density at radius 3 is 2.48 bits per heavy atom. The first-order valence-corrected chi connectivity index (χ1v) is 10.7. The molecule has 0 saturated carbocycles. The number of aromatic nitrogens is 2. The molecule has 0 unspecified atom stereocenters. The molecule has 2 amide bonds. The van der Waals surface area contributed by atoms with Gasteiger partial charge in [0.05, 0.1) is 24.3 Å². The van der Waals surface area contributed by atoms with Crippen LogP contribution >= 0.6 is 23.4 Å². The fraction of sp³-hybridized carbons (Fsp3) is 0.190. The van der Waals surface area contributed by atoms with Crippen LogP contribution in [0.4, 0.5) is 10.1 Å². The van der Waals surface area contributed by atoms with E-state index in [2.05, 4.69) is 15.6 Å². The normalized spacial score (nSPS) is 10.7. The standard InChI is InChI=1S/C21H20ClFN4O3S/c22-15-3-1-14(2-4-15)9-24-19(29)11-27-18(12-28)10-25-21(27)31-13-20(30)26-17-7-5-16(23)6-8-17/h1-8,10,28H,9,11-13H2,(H,24,29)(H,26,30). The van der Waals surface area contributed by atoms with Crippen LogP contribution in [0.3, 0.4) is 0 Å². The van der Waals surface area contributed by atoms with Crippen molar-refractivity contribution >= 4 is 40.9 Å². The summed E-state index contributed by atoms with van der Waals surface area (Å²) in [5.74, 6) is -0.921. The Morgan fingerprint density at radius 1 is 1.10 bits per heavy atom. The van der Waals surface area contributed by atoms with Crippen LogP contribution < -0.4 is 10.6 Å². The number of carbonyl (C=O) groups is 2. The van der Waals surface area contributed by atoms with Crippen LogP contribution in [-0.4, -0.2) is 32.2 Å². The summed E-state index contributed by atoms with van der Waals surface area (Å²) in [4.78, 5) is 28.8. The molecule has 7 nitrogen and oxygen atoms in total. The summed E-state index contributed by atoms with van der Waals surface area (Å²) in [5, 5.41) is 16.1. The van der Waals surface area contributed by atoms with E-state index in [-0.39, 0.29) is 36.5 Å². The van der Waals surface area contributed by atoms with Crippen molar-refractivity contribution in [2.75, 3.05) is 11.1 Å². The van der Waals surface area contributed by atoms with Gasteiger partial charge in [-0.1, -0.05) is 35.5 Å². The molecule has 1 heterocycles. The van der Waals surface area contributed by atoms with E-state index < -0.39 is 0 Å². The fourth-order valence-electron chi connectivity index (χ4n) is 2.67. The summed E-state index contributed by atoms with van der Waals surface area (Å²) in [5.41, 5.74) is 1.84. The molecule has 0 aliphatic rings. The summed E-state index contributed by atoms with van der Waals surface area (Å²) in [6.07, 6.45) is 1.46. The van der Waals surface area contributed by atoms with Crippen LogP contribution in [0.1, 0.15) is 11.3 Å². The third-order valence-corrected chi connectivity index (χ3v) is 5.47. The van der Waals surface area contributed by atoms with Gasteiger partial charge in [0, 0.05) is 17.3 Å². The molecule has 10 heteroatoms. The lowest BCUT2D eigenvalue weighted by Gasteiger charge is -2.11. The van der Waals surface area contributed by atoms with Crippen molar-refractivity contribution in [1.82, 2.24) is 14.9 Å². The Balaban J connectivity index is 1.56. The van der Waals surface area contributed by atoms with Crippen LogP contribution in [-0.2, 0) is 29.3 Å². The minimum Gasteiger partial charge on any atom is -0.390 e. The molecule has 2 aromatic carbocycles. The Kier molecular flexibility index (Phi) is 8.05. The molecule has 3 rings (SSSR count). The number of carbonyl (C=O) groups excluding carboxylic acids is 2. The van der Waals surface area contributed by atoms with E-state index in [0.717, 1.165) is 17.3 Å². The maximum atomic E-state index is 13.0. The molecule has 0 spiro atoms. The highest BCUT2D eigenvalue weighted by Gasteiger charge is 2.15. The highest BCUT2D eigenvalue weighted by atomic mass is 35.5. The number of benzene rings is 2. The lowest BCUT2D eigenvalue weighted by atomic mass is 10.2. The molecule has 3 N–H and O–H groups in total. The van der Waals surface area contributed by atoms with E-state index in [9.17, 15) is 19.1 Å². The number of imidazole rings is 1. The summed E-state index contributed by atoms with van der Waals surface area (Å²) < 4.78 is 14.5. The van der Waals surface area contributed by atoms with Crippen molar-refractivity contribution in [2.24, 2.45) is 0 Å². The number of rotatable bonds is 9. The zero-order valence-electron chi connectivity index (χ0n) is 16.3. The molecule has 0 fully saturated rings. The van der Waals surface area contributed by atoms with Crippen molar-refractivity contribution < 1.29 is 19.1 Å². The van der Waals surface area contributed by atoms with Crippen LogP contribution in [0.5, 0.6) is 0 Å². The van der Waals surface area contributed by atoms with Crippen molar-refractivity contribution in [2.45, 2.75) is 24.9 Å². The van der Waals surface area contributed by atoms with Gasteiger partial charge in [0.2, 0.25) is 11.8 Å². The third-order valence-electron chi connectivity index (χ3n) is 4.23. The van der Waals surface area contributed by atoms with Crippen LogP contribution in [0.2, 0.25) is 5.02 Å². The average Bonchev–Trinajstić information content (AvgIpc) is 3.15. The minimum absolute atomic E-state index is 0.0334. The molecular weight excluding hydrogens is 443 g/mol. The number of aliphatic hydroxyl groups is 1. The second-order valence-corrected chi connectivity index (χ2v) is 7.90. The highest BCUT2D eigenvalue weighted by Crippen LogP contribution is 2.19. The van der Waals surface area contributed by atoms with Crippen molar-refractivity contribution in [3.8, 4) is 0 Å². The number of hydrogen-bond donors (Lipinski definition) is 3. The predicted molar refractivity (Wildman–Crippen MR) is 117 cm³/mol. The number of nitrogens with one attached hydrogen (secondary N) is 2. The molecule has 0 aliphatic heterocycles. The van der Waals surface area contributed by atoms with E-state index >= 15 is 0 Å². The second-order valence-electron chi connectivity index (χ2n) is 6.52. The zero-order valence-corrected chi connectivity index (χ0v) is 17.9. The van der Waals surface area contributed by atoms with Gasteiger partial charge in [0.15, 0.2) is 5.16 Å². The van der Waals surface area contributed by atoms with Gasteiger partial charge < -0.3 is 20.3 Å². The number of aliphatic hydroxyl groups excluding tert-OH is 1. The highest BCUT2D eigenvalue weighted by molar-refractivity contribution is 7.99. The van der Waals surface area contributed by atoms with Gasteiger partial charge in [-0.2, -0.15) is 0 Å². The topological polar surface area (TPSA) is 96.2 Å². The summed E-state index contributed by atoms with van der Waals surface area (Å²) >= 11 is 6.99. The van der Waals surface area contributed by atoms with Gasteiger partial charge in [-0.15, -0.1) is 0 Å². The first-order valence-electron chi connectivity index (χ1n) is 9.29. The number of nitrogens with zero attached hydrogens (tertiary/aromatic N) is 2. The maximum absolute atomic E-state index is 13.0. The Labute approximate surface area is 187 Å². The van der Waals surface area contributed by atoms with Crippen LogP contribution in [0, 0.1) is 5.82 Å².